The zero-order valence-corrected chi connectivity index (χ0v) is 26.7. The summed E-state index contributed by atoms with van der Waals surface area (Å²) in [4.78, 5) is 0. The van der Waals surface area contributed by atoms with Gasteiger partial charge in [-0.2, -0.15) is 0 Å². The number of nitrogens with one attached hydrogen (secondary N) is 3. The molecule has 47 heavy (non-hydrogen) atoms. The fourth-order valence-corrected chi connectivity index (χ4v) is 8.22. The van der Waals surface area contributed by atoms with E-state index in [0.29, 0.717) is 36.0 Å². The van der Waals surface area contributed by atoms with Crippen LogP contribution in [0.5, 0.6) is 11.5 Å². The summed E-state index contributed by atoms with van der Waals surface area (Å²) in [5.74, 6) is 4.29. The van der Waals surface area contributed by atoms with Crippen molar-refractivity contribution in [1.82, 2.24) is 16.0 Å². The van der Waals surface area contributed by atoms with Crippen LogP contribution in [0.15, 0.2) is 55.7 Å². The Morgan fingerprint density at radius 1 is 0.660 bits per heavy atom. The Morgan fingerprint density at radius 3 is 2.15 bits per heavy atom. The molecular weight excluding hydrogens is 597 g/mol. The van der Waals surface area contributed by atoms with E-state index in [9.17, 15) is 0 Å². The molecule has 0 fully saturated rings. The zero-order chi connectivity index (χ0) is 31.6. The van der Waals surface area contributed by atoms with Gasteiger partial charge in [-0.15, -0.1) is 0 Å². The van der Waals surface area contributed by atoms with Crippen molar-refractivity contribution < 1.29 is 27.1 Å². The van der Waals surface area contributed by atoms with Gasteiger partial charge in [0.25, 0.3) is 0 Å². The third-order valence-corrected chi connectivity index (χ3v) is 10.5. The minimum atomic E-state index is -0.162. The third kappa shape index (κ3) is 4.66. The average Bonchev–Trinajstić information content (AvgIpc) is 3.52. The van der Waals surface area contributed by atoms with Gasteiger partial charge in [0, 0.05) is 92.0 Å². The molecule has 0 radical (unpaired) electrons. The second-order valence-corrected chi connectivity index (χ2v) is 13.1. The lowest BCUT2D eigenvalue weighted by Crippen LogP contribution is -2.20. The van der Waals surface area contributed by atoms with Gasteiger partial charge >= 0.3 is 0 Å². The minimum absolute atomic E-state index is 0.0858. The highest BCUT2D eigenvalue weighted by molar-refractivity contribution is 5.91. The van der Waals surface area contributed by atoms with Crippen LogP contribution in [0.25, 0.3) is 32.9 Å². The number of hydrogen-bond donors (Lipinski definition) is 3. The smallest absolute Gasteiger partial charge is 0.138 e. The molecule has 6 heterocycles. The summed E-state index contributed by atoms with van der Waals surface area (Å²) in [6.45, 7) is 4.47. The van der Waals surface area contributed by atoms with Crippen LogP contribution in [0.1, 0.15) is 56.9 Å². The maximum absolute atomic E-state index is 16.4. The second kappa shape index (κ2) is 11.4. The molecule has 0 spiro atoms. The van der Waals surface area contributed by atoms with E-state index in [2.05, 4.69) is 34.1 Å². The van der Waals surface area contributed by atoms with Gasteiger partial charge in [-0.05, 0) is 48.4 Å². The monoisotopic (exact) mass is 635 g/mol. The first-order valence-electron chi connectivity index (χ1n) is 16.7. The summed E-state index contributed by atoms with van der Waals surface area (Å²) in [5.41, 5.74) is 7.40. The molecule has 3 N–H and O–H groups in total. The molecule has 0 bridgehead atoms. The SMILES string of the molecule is COc1ccc2c3c(oc2c1)CC(c1ccc2oc4c(c2c1OC)CNCC(c1ccc2oc5c(c2c1F)CCNCC5)C4)CNC3. The first-order chi connectivity index (χ1) is 23.1. The summed E-state index contributed by atoms with van der Waals surface area (Å²) >= 11 is 0. The highest BCUT2D eigenvalue weighted by atomic mass is 19.1. The Bertz CT molecular complexity index is 2160. The molecule has 0 aliphatic carbocycles. The summed E-state index contributed by atoms with van der Waals surface area (Å²) in [7, 11) is 3.41. The van der Waals surface area contributed by atoms with E-state index in [4.69, 9.17) is 22.7 Å². The highest BCUT2D eigenvalue weighted by Gasteiger charge is 2.32. The number of ether oxygens (including phenoxy) is 2. The first-order valence-corrected chi connectivity index (χ1v) is 16.7. The van der Waals surface area contributed by atoms with Crippen molar-refractivity contribution in [3.05, 3.63) is 93.4 Å². The molecular formula is C38H38FN3O5. The summed E-state index contributed by atoms with van der Waals surface area (Å²) in [6.07, 6.45) is 2.89. The Hall–Kier alpha value is -4.31. The van der Waals surface area contributed by atoms with Crippen molar-refractivity contribution in [1.29, 1.82) is 0 Å². The van der Waals surface area contributed by atoms with E-state index in [0.717, 1.165) is 113 Å². The molecule has 0 saturated carbocycles. The first kappa shape index (κ1) is 28.9. The van der Waals surface area contributed by atoms with Crippen molar-refractivity contribution in [3.8, 4) is 11.5 Å². The summed E-state index contributed by atoms with van der Waals surface area (Å²) < 4.78 is 47.1. The van der Waals surface area contributed by atoms with Crippen LogP contribution in [-0.4, -0.2) is 40.4 Å². The van der Waals surface area contributed by atoms with Crippen LogP contribution in [0.4, 0.5) is 4.39 Å². The Labute approximate surface area is 271 Å². The van der Waals surface area contributed by atoms with Gasteiger partial charge in [0.1, 0.15) is 51.3 Å². The topological polar surface area (TPSA) is 94.0 Å². The maximum Gasteiger partial charge on any atom is 0.138 e. The molecule has 8 nitrogen and oxygen atoms in total. The Morgan fingerprint density at radius 2 is 1.34 bits per heavy atom. The lowest BCUT2D eigenvalue weighted by atomic mass is 9.90. The standard InChI is InChI=1S/C38H38FN3O5/c1-43-22-3-4-25-27-18-41-17-21(14-32(27)47-34(25)15-22)24-6-8-31-36(38(24)44-2)28-19-42-16-20(13-33(28)46-31)23-5-7-30-35(37(23)39)26-9-11-40-12-10-29(26)45-30/h3-8,15,20-21,40-42H,9-14,16-19H2,1-2H3. The molecule has 3 aromatic carbocycles. The van der Waals surface area contributed by atoms with Crippen molar-refractivity contribution in [2.24, 2.45) is 0 Å². The number of halogens is 1. The molecule has 242 valence electrons. The van der Waals surface area contributed by atoms with E-state index in [-0.39, 0.29) is 17.7 Å². The van der Waals surface area contributed by atoms with Gasteiger partial charge in [-0.25, -0.2) is 4.39 Å². The van der Waals surface area contributed by atoms with E-state index in [1.165, 1.54) is 5.56 Å². The van der Waals surface area contributed by atoms with Crippen molar-refractivity contribution >= 4 is 32.9 Å². The number of benzene rings is 3. The lowest BCUT2D eigenvalue weighted by molar-refractivity contribution is 0.406. The van der Waals surface area contributed by atoms with Crippen molar-refractivity contribution in [2.75, 3.05) is 40.4 Å². The fraction of sp³-hybridized carbons (Fsp3) is 0.368. The van der Waals surface area contributed by atoms with E-state index >= 15 is 4.39 Å². The molecule has 2 unspecified atom stereocenters. The van der Waals surface area contributed by atoms with Crippen LogP contribution in [0.3, 0.4) is 0 Å². The quantitative estimate of drug-likeness (QED) is 0.199. The summed E-state index contributed by atoms with van der Waals surface area (Å²) in [5, 5.41) is 13.4. The molecule has 9 heteroatoms. The minimum Gasteiger partial charge on any atom is -0.497 e. The van der Waals surface area contributed by atoms with Gasteiger partial charge in [0.05, 0.1) is 25.0 Å². The third-order valence-electron chi connectivity index (χ3n) is 10.5. The Kier molecular flexibility index (Phi) is 7.03. The average molecular weight is 636 g/mol. The van der Waals surface area contributed by atoms with Crippen molar-refractivity contribution in [3.63, 3.8) is 0 Å². The molecule has 3 aromatic heterocycles. The zero-order valence-electron chi connectivity index (χ0n) is 26.7. The molecule has 0 saturated heterocycles. The van der Waals surface area contributed by atoms with Gasteiger partial charge in [0.2, 0.25) is 0 Å². The van der Waals surface area contributed by atoms with E-state index < -0.39 is 0 Å². The Balaban J connectivity index is 1.07. The van der Waals surface area contributed by atoms with Crippen molar-refractivity contribution in [2.45, 2.75) is 50.6 Å². The number of furan rings is 3. The number of methoxy groups -OCH3 is 2. The van der Waals surface area contributed by atoms with E-state index in [1.54, 1.807) is 14.2 Å². The number of fused-ring (bicyclic) bond motifs is 9. The molecule has 3 aliphatic heterocycles. The fourth-order valence-electron chi connectivity index (χ4n) is 8.22. The highest BCUT2D eigenvalue weighted by Crippen LogP contribution is 2.44. The molecule has 0 amide bonds. The van der Waals surface area contributed by atoms with E-state index in [1.807, 2.05) is 24.3 Å². The van der Waals surface area contributed by atoms with Crippen LogP contribution in [0.2, 0.25) is 0 Å². The molecule has 9 rings (SSSR count). The predicted molar refractivity (Wildman–Crippen MR) is 178 cm³/mol. The normalized spacial score (nSPS) is 20.0. The van der Waals surface area contributed by atoms with Crippen LogP contribution < -0.4 is 25.4 Å². The molecule has 2 atom stereocenters. The van der Waals surface area contributed by atoms with Crippen LogP contribution in [-0.2, 0) is 38.8 Å². The largest absolute Gasteiger partial charge is 0.497 e. The number of hydrogen-bond acceptors (Lipinski definition) is 8. The summed E-state index contributed by atoms with van der Waals surface area (Å²) in [6, 6.07) is 14.1. The maximum atomic E-state index is 16.4. The van der Waals surface area contributed by atoms with Gasteiger partial charge in [-0.1, -0.05) is 12.1 Å². The predicted octanol–water partition coefficient (Wildman–Crippen LogP) is 6.63. The van der Waals surface area contributed by atoms with Gasteiger partial charge in [-0.3, -0.25) is 0 Å². The van der Waals surface area contributed by atoms with Gasteiger partial charge in [0.15, 0.2) is 0 Å². The molecule has 3 aliphatic rings. The van der Waals surface area contributed by atoms with Crippen LogP contribution >= 0.6 is 0 Å². The lowest BCUT2D eigenvalue weighted by Gasteiger charge is -2.19. The number of rotatable bonds is 4. The van der Waals surface area contributed by atoms with Crippen LogP contribution in [0, 0.1) is 5.82 Å². The molecule has 6 aromatic rings. The second-order valence-electron chi connectivity index (χ2n) is 13.1. The van der Waals surface area contributed by atoms with Gasteiger partial charge < -0.3 is 38.7 Å².